The summed E-state index contributed by atoms with van der Waals surface area (Å²) in [6, 6.07) is 0.618. The minimum absolute atomic E-state index is 0.0903. The monoisotopic (exact) mass is 172 g/mol. The maximum atomic E-state index is 5.62. The topological polar surface area (TPSA) is 29.3 Å². The fraction of sp³-hybridized carbons (Fsp3) is 0.875. The summed E-state index contributed by atoms with van der Waals surface area (Å²) in [5.74, 6) is 0. The number of rotatable bonds is 1. The van der Waals surface area contributed by atoms with Crippen LogP contribution in [-0.2, 0) is 0 Å². The summed E-state index contributed by atoms with van der Waals surface area (Å²) in [6.45, 7) is 6.43. The molecule has 0 radical (unpaired) electrons. The van der Waals surface area contributed by atoms with Crippen LogP contribution in [0.15, 0.2) is 0 Å². The fourth-order valence-electron chi connectivity index (χ4n) is 1.39. The van der Waals surface area contributed by atoms with E-state index in [1.54, 1.807) is 0 Å². The molecular weight excluding hydrogens is 156 g/mol. The number of nitrogens with zero attached hydrogens (tertiary/aromatic N) is 1. The molecule has 0 aromatic heterocycles. The normalized spacial score (nSPS) is 18.1. The van der Waals surface area contributed by atoms with E-state index in [9.17, 15) is 0 Å². The van der Waals surface area contributed by atoms with Crippen molar-refractivity contribution >= 4 is 17.3 Å². The smallest absolute Gasteiger partial charge is 0.166 e. The molecule has 2 nitrogen and oxygen atoms in total. The Morgan fingerprint density at radius 1 is 1.45 bits per heavy atom. The van der Waals surface area contributed by atoms with E-state index >= 15 is 0 Å². The van der Waals surface area contributed by atoms with Crippen molar-refractivity contribution in [3.05, 3.63) is 0 Å². The van der Waals surface area contributed by atoms with E-state index in [1.165, 1.54) is 12.8 Å². The van der Waals surface area contributed by atoms with Crippen molar-refractivity contribution in [2.45, 2.75) is 45.2 Å². The first-order chi connectivity index (χ1) is 4.93. The molecule has 0 spiro atoms. The summed E-state index contributed by atoms with van der Waals surface area (Å²) in [5, 5.41) is 0.542. The molecule has 1 aliphatic carbocycles. The van der Waals surface area contributed by atoms with Crippen LogP contribution in [0.4, 0.5) is 0 Å². The second-order valence-corrected chi connectivity index (χ2v) is 4.53. The van der Waals surface area contributed by atoms with E-state index in [1.807, 2.05) is 0 Å². The van der Waals surface area contributed by atoms with Gasteiger partial charge in [-0.1, -0.05) is 0 Å². The standard InChI is InChI=1S/C8H16N2S/c1-8(2,3)10(7(9)11)6-4-5-6/h6H,4-5H2,1-3H3,(H2,9,11). The quantitative estimate of drug-likeness (QED) is 0.608. The second kappa shape index (κ2) is 2.63. The molecule has 1 saturated carbocycles. The van der Waals surface area contributed by atoms with Crippen molar-refractivity contribution < 1.29 is 0 Å². The predicted molar refractivity (Wildman–Crippen MR) is 51.4 cm³/mol. The Bertz CT molecular complexity index is 167. The predicted octanol–water partition coefficient (Wildman–Crippen LogP) is 1.49. The summed E-state index contributed by atoms with van der Waals surface area (Å²) < 4.78 is 0. The van der Waals surface area contributed by atoms with E-state index in [0.717, 1.165) is 0 Å². The number of hydrogen-bond donors (Lipinski definition) is 1. The minimum atomic E-state index is 0.0903. The third-order valence-corrected chi connectivity index (χ3v) is 2.07. The molecule has 0 unspecified atom stereocenters. The van der Waals surface area contributed by atoms with Crippen LogP contribution in [0.1, 0.15) is 33.6 Å². The summed E-state index contributed by atoms with van der Waals surface area (Å²) in [4.78, 5) is 2.14. The molecule has 2 N–H and O–H groups in total. The zero-order valence-electron chi connectivity index (χ0n) is 7.42. The van der Waals surface area contributed by atoms with Crippen molar-refractivity contribution in [2.75, 3.05) is 0 Å². The summed E-state index contributed by atoms with van der Waals surface area (Å²) in [7, 11) is 0. The molecule has 1 aliphatic rings. The molecule has 0 aromatic rings. The first-order valence-corrected chi connectivity index (χ1v) is 4.42. The van der Waals surface area contributed by atoms with Crippen molar-refractivity contribution in [3.63, 3.8) is 0 Å². The number of hydrogen-bond acceptors (Lipinski definition) is 1. The zero-order chi connectivity index (χ0) is 8.65. The molecule has 0 bridgehead atoms. The van der Waals surface area contributed by atoms with Gasteiger partial charge in [0.25, 0.3) is 0 Å². The van der Waals surface area contributed by atoms with E-state index in [4.69, 9.17) is 18.0 Å². The Labute approximate surface area is 73.7 Å². The average Bonchev–Trinajstić information content (AvgIpc) is 2.42. The molecule has 0 amide bonds. The maximum absolute atomic E-state index is 5.62. The molecular formula is C8H16N2S. The van der Waals surface area contributed by atoms with Gasteiger partial charge in [-0.3, -0.25) is 0 Å². The fourth-order valence-corrected chi connectivity index (χ4v) is 1.81. The van der Waals surface area contributed by atoms with Gasteiger partial charge in [-0.25, -0.2) is 0 Å². The van der Waals surface area contributed by atoms with Crippen molar-refractivity contribution in [2.24, 2.45) is 5.73 Å². The largest absolute Gasteiger partial charge is 0.376 e. The lowest BCUT2D eigenvalue weighted by Crippen LogP contribution is -2.49. The highest BCUT2D eigenvalue weighted by Gasteiger charge is 2.36. The first kappa shape index (κ1) is 8.78. The van der Waals surface area contributed by atoms with Crippen molar-refractivity contribution in [1.29, 1.82) is 0 Å². The van der Waals surface area contributed by atoms with E-state index in [0.29, 0.717) is 11.2 Å². The molecule has 0 aliphatic heterocycles. The lowest BCUT2D eigenvalue weighted by Gasteiger charge is -2.36. The summed E-state index contributed by atoms with van der Waals surface area (Å²) in [5.41, 5.74) is 5.71. The Balaban J connectivity index is 2.66. The SMILES string of the molecule is CC(C)(C)N(C(N)=S)C1CC1. The van der Waals surface area contributed by atoms with Gasteiger partial charge >= 0.3 is 0 Å². The molecule has 1 rings (SSSR count). The number of nitrogens with two attached hydrogens (primary N) is 1. The highest BCUT2D eigenvalue weighted by molar-refractivity contribution is 7.80. The molecule has 64 valence electrons. The highest BCUT2D eigenvalue weighted by Crippen LogP contribution is 2.32. The lowest BCUT2D eigenvalue weighted by atomic mass is 10.1. The van der Waals surface area contributed by atoms with Crippen LogP contribution in [0.2, 0.25) is 0 Å². The number of thiocarbonyl (C=S) groups is 1. The molecule has 0 saturated heterocycles. The average molecular weight is 172 g/mol. The second-order valence-electron chi connectivity index (χ2n) is 4.11. The van der Waals surface area contributed by atoms with E-state index in [-0.39, 0.29) is 5.54 Å². The zero-order valence-corrected chi connectivity index (χ0v) is 8.24. The summed E-state index contributed by atoms with van der Waals surface area (Å²) >= 11 is 4.99. The van der Waals surface area contributed by atoms with Crippen LogP contribution < -0.4 is 5.73 Å². The molecule has 11 heavy (non-hydrogen) atoms. The minimum Gasteiger partial charge on any atom is -0.376 e. The van der Waals surface area contributed by atoms with E-state index in [2.05, 4.69) is 25.7 Å². The van der Waals surface area contributed by atoms with Gasteiger partial charge in [-0.2, -0.15) is 0 Å². The van der Waals surface area contributed by atoms with Crippen LogP contribution >= 0.6 is 12.2 Å². The van der Waals surface area contributed by atoms with Gasteiger partial charge in [0.15, 0.2) is 5.11 Å². The maximum Gasteiger partial charge on any atom is 0.166 e. The summed E-state index contributed by atoms with van der Waals surface area (Å²) in [6.07, 6.45) is 2.49. The van der Waals surface area contributed by atoms with Crippen molar-refractivity contribution in [3.8, 4) is 0 Å². The van der Waals surface area contributed by atoms with Gasteiger partial charge in [0, 0.05) is 11.6 Å². The highest BCUT2D eigenvalue weighted by atomic mass is 32.1. The van der Waals surface area contributed by atoms with Gasteiger partial charge in [-0.05, 0) is 45.8 Å². The Morgan fingerprint density at radius 3 is 2.00 bits per heavy atom. The van der Waals surface area contributed by atoms with Gasteiger partial charge in [-0.15, -0.1) is 0 Å². The van der Waals surface area contributed by atoms with Crippen LogP contribution in [0, 0.1) is 0 Å². The van der Waals surface area contributed by atoms with Crippen LogP contribution in [-0.4, -0.2) is 21.6 Å². The van der Waals surface area contributed by atoms with Crippen LogP contribution in [0.5, 0.6) is 0 Å². The molecule has 0 heterocycles. The van der Waals surface area contributed by atoms with Crippen LogP contribution in [0.3, 0.4) is 0 Å². The van der Waals surface area contributed by atoms with Gasteiger partial charge in [0.2, 0.25) is 0 Å². The molecule has 1 fully saturated rings. The molecule has 0 atom stereocenters. The van der Waals surface area contributed by atoms with Gasteiger partial charge < -0.3 is 10.6 Å². The van der Waals surface area contributed by atoms with Gasteiger partial charge in [0.1, 0.15) is 0 Å². The third kappa shape index (κ3) is 2.06. The first-order valence-electron chi connectivity index (χ1n) is 4.01. The lowest BCUT2D eigenvalue weighted by molar-refractivity contribution is 0.230. The van der Waals surface area contributed by atoms with Gasteiger partial charge in [0.05, 0.1) is 0 Å². The Kier molecular flexibility index (Phi) is 2.10. The Hall–Kier alpha value is -0.310. The van der Waals surface area contributed by atoms with E-state index < -0.39 is 0 Å². The molecule has 0 aromatic carbocycles. The molecule has 3 heteroatoms. The Morgan fingerprint density at radius 2 is 1.91 bits per heavy atom. The third-order valence-electron chi connectivity index (χ3n) is 1.87. The van der Waals surface area contributed by atoms with Crippen LogP contribution in [0.25, 0.3) is 0 Å². The van der Waals surface area contributed by atoms with Crippen molar-refractivity contribution in [1.82, 2.24) is 4.90 Å².